The van der Waals surface area contributed by atoms with Gasteiger partial charge >= 0.3 is 0 Å². The first-order valence-corrected chi connectivity index (χ1v) is 7.87. The smallest absolute Gasteiger partial charge is 0.271 e. The zero-order valence-corrected chi connectivity index (χ0v) is 12.9. The Hall–Kier alpha value is -2.03. The predicted octanol–water partition coefficient (Wildman–Crippen LogP) is 2.78. The lowest BCUT2D eigenvalue weighted by Gasteiger charge is -2.15. The average Bonchev–Trinajstić information content (AvgIpc) is 2.39. The van der Waals surface area contributed by atoms with Crippen LogP contribution in [0.25, 0.3) is 0 Å². The van der Waals surface area contributed by atoms with Gasteiger partial charge in [-0.05, 0) is 18.2 Å². The second-order valence-electron chi connectivity index (χ2n) is 4.15. The third-order valence-electron chi connectivity index (χ3n) is 2.56. The van der Waals surface area contributed by atoms with E-state index >= 15 is 0 Å². The van der Waals surface area contributed by atoms with Gasteiger partial charge in [-0.15, -0.1) is 0 Å². The van der Waals surface area contributed by atoms with Gasteiger partial charge in [0.1, 0.15) is 0 Å². The largest absolute Gasteiger partial charge is 0.871 e. The van der Waals surface area contributed by atoms with E-state index in [1.807, 2.05) is 4.72 Å². The quantitative estimate of drug-likeness (QED) is 0.664. The second kappa shape index (κ2) is 5.99. The zero-order chi connectivity index (χ0) is 16.5. The third kappa shape index (κ3) is 3.59. The average molecular weight is 362 g/mol. The Labute approximate surface area is 135 Å². The topological polar surface area (TPSA) is 112 Å². The number of benzene rings is 2. The molecule has 2 aromatic rings. The standard InChI is InChI=1S/C12H8Cl2N2O5S/c13-7-3-8(14)5-10(4-7)22(20,21)15-11-6-9(16(18)19)1-2-12(11)17/h1-6,15,17H/p-1. The molecule has 0 bridgehead atoms. The van der Waals surface area contributed by atoms with Gasteiger partial charge in [0.2, 0.25) is 0 Å². The van der Waals surface area contributed by atoms with Crippen molar-refractivity contribution < 1.29 is 18.4 Å². The van der Waals surface area contributed by atoms with E-state index in [4.69, 9.17) is 23.2 Å². The van der Waals surface area contributed by atoms with Crippen molar-refractivity contribution in [3.8, 4) is 5.75 Å². The molecule has 10 heteroatoms. The van der Waals surface area contributed by atoms with Crippen LogP contribution in [0.2, 0.25) is 10.0 Å². The van der Waals surface area contributed by atoms with Crippen LogP contribution in [0.1, 0.15) is 0 Å². The van der Waals surface area contributed by atoms with Gasteiger partial charge in [0.25, 0.3) is 15.7 Å². The van der Waals surface area contributed by atoms with Gasteiger partial charge in [0, 0.05) is 27.9 Å². The van der Waals surface area contributed by atoms with Crippen molar-refractivity contribution in [2.75, 3.05) is 4.72 Å². The highest BCUT2D eigenvalue weighted by Crippen LogP contribution is 2.29. The molecule has 0 saturated heterocycles. The van der Waals surface area contributed by atoms with Crippen LogP contribution < -0.4 is 9.83 Å². The van der Waals surface area contributed by atoms with Crippen LogP contribution in [0.3, 0.4) is 0 Å². The summed E-state index contributed by atoms with van der Waals surface area (Å²) >= 11 is 11.5. The molecule has 116 valence electrons. The van der Waals surface area contributed by atoms with Crippen molar-refractivity contribution in [2.24, 2.45) is 0 Å². The first-order valence-electron chi connectivity index (χ1n) is 5.63. The Morgan fingerprint density at radius 3 is 2.18 bits per heavy atom. The molecular formula is C12H7Cl2N2O5S-. The minimum absolute atomic E-state index is 0.0919. The number of rotatable bonds is 4. The molecule has 0 saturated carbocycles. The number of nitro benzene ring substituents is 1. The normalized spacial score (nSPS) is 11.2. The van der Waals surface area contributed by atoms with E-state index in [0.717, 1.165) is 30.3 Å². The lowest BCUT2D eigenvalue weighted by Crippen LogP contribution is -2.14. The van der Waals surface area contributed by atoms with Gasteiger partial charge in [-0.25, -0.2) is 8.42 Å². The summed E-state index contributed by atoms with van der Waals surface area (Å²) in [5.41, 5.74) is -0.855. The highest BCUT2D eigenvalue weighted by Gasteiger charge is 2.17. The minimum Gasteiger partial charge on any atom is -0.871 e. The molecule has 0 aliphatic rings. The Balaban J connectivity index is 2.44. The van der Waals surface area contributed by atoms with Crippen LogP contribution in [0, 0.1) is 10.1 Å². The molecule has 0 aromatic heterocycles. The fourth-order valence-electron chi connectivity index (χ4n) is 1.60. The van der Waals surface area contributed by atoms with E-state index in [0.29, 0.717) is 0 Å². The van der Waals surface area contributed by atoms with Crippen LogP contribution in [-0.2, 0) is 10.0 Å². The van der Waals surface area contributed by atoms with E-state index in [2.05, 4.69) is 0 Å². The van der Waals surface area contributed by atoms with Gasteiger partial charge in [-0.1, -0.05) is 35.0 Å². The van der Waals surface area contributed by atoms with Crippen molar-refractivity contribution in [3.63, 3.8) is 0 Å². The van der Waals surface area contributed by atoms with Gasteiger partial charge < -0.3 is 5.11 Å². The van der Waals surface area contributed by atoms with Gasteiger partial charge in [0.05, 0.1) is 9.82 Å². The molecule has 0 spiro atoms. The molecule has 22 heavy (non-hydrogen) atoms. The Morgan fingerprint density at radius 1 is 1.05 bits per heavy atom. The van der Waals surface area contributed by atoms with E-state index in [1.54, 1.807) is 0 Å². The molecule has 0 atom stereocenters. The number of anilines is 1. The maximum absolute atomic E-state index is 12.2. The highest BCUT2D eigenvalue weighted by molar-refractivity contribution is 7.92. The summed E-state index contributed by atoms with van der Waals surface area (Å²) in [6.45, 7) is 0. The second-order valence-corrected chi connectivity index (χ2v) is 6.70. The molecule has 7 nitrogen and oxygen atoms in total. The van der Waals surface area contributed by atoms with Crippen molar-refractivity contribution in [3.05, 3.63) is 56.6 Å². The number of nitro groups is 1. The number of hydrogen-bond donors (Lipinski definition) is 1. The maximum atomic E-state index is 12.2. The first kappa shape index (κ1) is 16.3. The molecule has 0 heterocycles. The van der Waals surface area contributed by atoms with Crippen LogP contribution in [0.4, 0.5) is 11.4 Å². The summed E-state index contributed by atoms with van der Waals surface area (Å²) in [5.74, 6) is -0.706. The molecule has 2 aromatic carbocycles. The molecule has 0 amide bonds. The van der Waals surface area contributed by atoms with E-state index in [-0.39, 0.29) is 14.9 Å². The SMILES string of the molecule is O=[N+]([O-])c1ccc([O-])c(NS(=O)(=O)c2cc(Cl)cc(Cl)c2)c1. The molecule has 0 unspecified atom stereocenters. The van der Waals surface area contributed by atoms with Gasteiger partial charge in [0.15, 0.2) is 0 Å². The third-order valence-corrected chi connectivity index (χ3v) is 4.35. The van der Waals surface area contributed by atoms with Crippen LogP contribution >= 0.6 is 23.2 Å². The van der Waals surface area contributed by atoms with Crippen molar-refractivity contribution >= 4 is 44.6 Å². The molecule has 0 aliphatic heterocycles. The Bertz CT molecular complexity index is 834. The number of sulfonamides is 1. The van der Waals surface area contributed by atoms with E-state index in [9.17, 15) is 23.6 Å². The Kier molecular flexibility index (Phi) is 4.45. The Morgan fingerprint density at radius 2 is 1.64 bits per heavy atom. The summed E-state index contributed by atoms with van der Waals surface area (Å²) < 4.78 is 26.4. The number of nitrogens with zero attached hydrogens (tertiary/aromatic N) is 1. The fourth-order valence-corrected chi connectivity index (χ4v) is 3.39. The molecule has 0 aliphatic carbocycles. The minimum atomic E-state index is -4.16. The van der Waals surface area contributed by atoms with E-state index < -0.39 is 32.1 Å². The van der Waals surface area contributed by atoms with Crippen LogP contribution in [-0.4, -0.2) is 13.3 Å². The lowest BCUT2D eigenvalue weighted by molar-refractivity contribution is -0.385. The van der Waals surface area contributed by atoms with Crippen LogP contribution in [0.5, 0.6) is 5.75 Å². The van der Waals surface area contributed by atoms with E-state index in [1.165, 1.54) is 6.07 Å². The monoisotopic (exact) mass is 361 g/mol. The lowest BCUT2D eigenvalue weighted by atomic mass is 10.2. The van der Waals surface area contributed by atoms with Crippen molar-refractivity contribution in [2.45, 2.75) is 4.90 Å². The predicted molar refractivity (Wildman–Crippen MR) is 79.8 cm³/mol. The summed E-state index contributed by atoms with van der Waals surface area (Å²) in [5, 5.41) is 22.5. The van der Waals surface area contributed by atoms with Gasteiger partial charge in [-0.2, -0.15) is 0 Å². The first-order chi connectivity index (χ1) is 10.2. The van der Waals surface area contributed by atoms with Crippen LogP contribution in [0.15, 0.2) is 41.3 Å². The molecule has 0 radical (unpaired) electrons. The zero-order valence-electron chi connectivity index (χ0n) is 10.6. The van der Waals surface area contributed by atoms with Crippen molar-refractivity contribution in [1.29, 1.82) is 0 Å². The van der Waals surface area contributed by atoms with Gasteiger partial charge in [-0.3, -0.25) is 14.8 Å². The molecule has 2 rings (SSSR count). The number of non-ortho nitro benzene ring substituents is 1. The summed E-state index contributed by atoms with van der Waals surface area (Å²) in [6, 6.07) is 6.34. The summed E-state index contributed by atoms with van der Waals surface area (Å²) in [7, 11) is -4.16. The summed E-state index contributed by atoms with van der Waals surface area (Å²) in [6.07, 6.45) is 0. The van der Waals surface area contributed by atoms with Crippen molar-refractivity contribution in [1.82, 2.24) is 0 Å². The number of halogens is 2. The summed E-state index contributed by atoms with van der Waals surface area (Å²) in [4.78, 5) is 9.67. The maximum Gasteiger partial charge on any atom is 0.271 e. The molecule has 1 N–H and O–H groups in total. The molecule has 0 fully saturated rings. The highest BCUT2D eigenvalue weighted by atomic mass is 35.5. The fraction of sp³-hybridized carbons (Fsp3) is 0. The number of nitrogens with one attached hydrogen (secondary N) is 1. The molecular weight excluding hydrogens is 355 g/mol. The number of hydrogen-bond acceptors (Lipinski definition) is 5.